The summed E-state index contributed by atoms with van der Waals surface area (Å²) in [6.45, 7) is 3.17. The maximum atomic E-state index is 11.2. The maximum absolute atomic E-state index is 11.2. The van der Waals surface area contributed by atoms with E-state index in [1.54, 1.807) is 36.4 Å². The third kappa shape index (κ3) is 2.52. The monoisotopic (exact) mass is 314 g/mol. The summed E-state index contributed by atoms with van der Waals surface area (Å²) in [7, 11) is 0. The number of hydrogen-bond acceptors (Lipinski definition) is 7. The van der Waals surface area contributed by atoms with Gasteiger partial charge in [-0.25, -0.2) is 5.01 Å². The smallest absolute Gasteiger partial charge is 0.269 e. The summed E-state index contributed by atoms with van der Waals surface area (Å²) in [6.07, 6.45) is 3.31. The van der Waals surface area contributed by atoms with Crippen molar-refractivity contribution >= 4 is 23.8 Å². The van der Waals surface area contributed by atoms with E-state index >= 15 is 0 Å². The van der Waals surface area contributed by atoms with Crippen LogP contribution >= 0.6 is 0 Å². The Hall–Kier alpha value is -3.23. The minimum absolute atomic E-state index is 0.0201. The Kier molecular flexibility index (Phi) is 3.32. The molecule has 118 valence electrons. The third-order valence-electron chi connectivity index (χ3n) is 3.54. The van der Waals surface area contributed by atoms with Gasteiger partial charge < -0.3 is 5.32 Å². The summed E-state index contributed by atoms with van der Waals surface area (Å²) < 4.78 is 0. The van der Waals surface area contributed by atoms with Gasteiger partial charge in [-0.15, -0.1) is 5.10 Å². The van der Waals surface area contributed by atoms with Crippen LogP contribution in [0.4, 0.5) is 5.69 Å². The molecule has 0 aliphatic carbocycles. The van der Waals surface area contributed by atoms with E-state index in [0.29, 0.717) is 11.4 Å². The molecule has 2 aliphatic heterocycles. The van der Waals surface area contributed by atoms with Gasteiger partial charge in [0.2, 0.25) is 11.9 Å². The van der Waals surface area contributed by atoms with Crippen LogP contribution in [-0.2, 0) is 10.5 Å². The molecule has 0 spiro atoms. The van der Waals surface area contributed by atoms with Crippen LogP contribution in [0.2, 0.25) is 0 Å². The first-order valence-electron chi connectivity index (χ1n) is 6.84. The molecule has 23 heavy (non-hydrogen) atoms. The number of nitro groups is 1. The molecule has 2 N–H and O–H groups in total. The number of non-ortho nitro benzene ring substituents is 1. The molecule has 0 aromatic heterocycles. The van der Waals surface area contributed by atoms with Crippen molar-refractivity contribution in [3.63, 3.8) is 0 Å². The Morgan fingerprint density at radius 1 is 1.48 bits per heavy atom. The molecule has 0 radical (unpaired) electrons. The van der Waals surface area contributed by atoms with Gasteiger partial charge in [0, 0.05) is 30.8 Å². The van der Waals surface area contributed by atoms with Crippen LogP contribution in [0.15, 0.2) is 46.3 Å². The largest absolute Gasteiger partial charge is 0.309 e. The molecule has 1 aromatic rings. The fourth-order valence-electron chi connectivity index (χ4n) is 2.44. The number of guanidine groups is 1. The zero-order valence-electron chi connectivity index (χ0n) is 12.5. The normalized spacial score (nSPS) is 21.9. The Morgan fingerprint density at radius 2 is 2.26 bits per heavy atom. The van der Waals surface area contributed by atoms with E-state index < -0.39 is 10.6 Å². The van der Waals surface area contributed by atoms with Crippen LogP contribution in [0.1, 0.15) is 19.4 Å². The van der Waals surface area contributed by atoms with E-state index in [2.05, 4.69) is 20.7 Å². The lowest BCUT2D eigenvalue weighted by molar-refractivity contribution is -0.385. The number of nitro benzene ring substituents is 1. The first-order valence-corrected chi connectivity index (χ1v) is 6.84. The highest BCUT2D eigenvalue weighted by atomic mass is 16.6. The van der Waals surface area contributed by atoms with Gasteiger partial charge in [-0.3, -0.25) is 25.2 Å². The SMILES string of the molecule is CC(=O)NC1=NN2C(=CC=NC2(C)c2cccc([N+](=O)[O-])c2)N1. The molecule has 2 aliphatic rings. The molecule has 0 saturated heterocycles. The Bertz CT molecular complexity index is 784. The first-order chi connectivity index (χ1) is 10.9. The van der Waals surface area contributed by atoms with Crippen LogP contribution in [0.3, 0.4) is 0 Å². The van der Waals surface area contributed by atoms with E-state index in [1.807, 2.05) is 0 Å². The molecular formula is C14H14N6O3. The number of benzene rings is 1. The third-order valence-corrected chi connectivity index (χ3v) is 3.54. The van der Waals surface area contributed by atoms with Crippen molar-refractivity contribution in [2.24, 2.45) is 10.1 Å². The highest BCUT2D eigenvalue weighted by molar-refractivity contribution is 5.98. The summed E-state index contributed by atoms with van der Waals surface area (Å²) in [5, 5.41) is 22.4. The van der Waals surface area contributed by atoms with E-state index in [9.17, 15) is 14.9 Å². The standard InChI is InChI=1S/C14H14N6O3/c1-9(21)16-13-17-12-6-7-15-14(2,19(12)18-13)10-4-3-5-11(8-10)20(22)23/h3-8H,1-2H3,(H2,16,17,18,21). The number of aliphatic imine (C=N–C) groups is 1. The minimum atomic E-state index is -0.955. The molecule has 0 saturated carbocycles. The van der Waals surface area contributed by atoms with Gasteiger partial charge in [0.05, 0.1) is 4.92 Å². The lowest BCUT2D eigenvalue weighted by atomic mass is 10.00. The van der Waals surface area contributed by atoms with Crippen LogP contribution < -0.4 is 10.6 Å². The van der Waals surface area contributed by atoms with Gasteiger partial charge in [-0.2, -0.15) is 0 Å². The second kappa shape index (κ2) is 5.20. The second-order valence-electron chi connectivity index (χ2n) is 5.22. The van der Waals surface area contributed by atoms with E-state index in [4.69, 9.17) is 0 Å². The van der Waals surface area contributed by atoms with E-state index in [-0.39, 0.29) is 17.6 Å². The minimum Gasteiger partial charge on any atom is -0.309 e. The van der Waals surface area contributed by atoms with Gasteiger partial charge >= 0.3 is 0 Å². The molecule has 1 aromatic carbocycles. The Labute approximate surface area is 131 Å². The van der Waals surface area contributed by atoms with Crippen molar-refractivity contribution in [2.45, 2.75) is 19.5 Å². The van der Waals surface area contributed by atoms with Crippen molar-refractivity contribution in [1.29, 1.82) is 0 Å². The van der Waals surface area contributed by atoms with Gasteiger partial charge in [0.1, 0.15) is 5.82 Å². The van der Waals surface area contributed by atoms with Crippen LogP contribution in [0.25, 0.3) is 0 Å². The predicted octanol–water partition coefficient (Wildman–Crippen LogP) is 1.01. The van der Waals surface area contributed by atoms with Crippen LogP contribution in [-0.4, -0.2) is 28.0 Å². The Morgan fingerprint density at radius 3 is 2.96 bits per heavy atom. The molecule has 9 heteroatoms. The number of hydrazone groups is 1. The average molecular weight is 314 g/mol. The quantitative estimate of drug-likeness (QED) is 0.625. The molecule has 0 bridgehead atoms. The van der Waals surface area contributed by atoms with Crippen molar-refractivity contribution in [2.75, 3.05) is 0 Å². The molecule has 3 rings (SSSR count). The van der Waals surface area contributed by atoms with E-state index in [0.717, 1.165) is 0 Å². The van der Waals surface area contributed by atoms with Gasteiger partial charge in [-0.05, 0) is 13.0 Å². The average Bonchev–Trinajstić information content (AvgIpc) is 2.90. The number of nitrogens with one attached hydrogen (secondary N) is 2. The summed E-state index contributed by atoms with van der Waals surface area (Å²) in [5.74, 6) is 0.651. The lowest BCUT2D eigenvalue weighted by Crippen LogP contribution is -2.41. The van der Waals surface area contributed by atoms with Crippen molar-refractivity contribution < 1.29 is 9.72 Å². The number of rotatable bonds is 2. The number of nitrogens with zero attached hydrogens (tertiary/aromatic N) is 4. The van der Waals surface area contributed by atoms with Gasteiger partial charge in [0.25, 0.3) is 5.69 Å². The predicted molar refractivity (Wildman–Crippen MR) is 83.2 cm³/mol. The van der Waals surface area contributed by atoms with Crippen LogP contribution in [0.5, 0.6) is 0 Å². The molecule has 1 atom stereocenters. The number of fused-ring (bicyclic) bond motifs is 1. The molecule has 9 nitrogen and oxygen atoms in total. The molecule has 2 heterocycles. The number of hydrogen-bond donors (Lipinski definition) is 2. The maximum Gasteiger partial charge on any atom is 0.269 e. The summed E-state index contributed by atoms with van der Waals surface area (Å²) in [4.78, 5) is 26.2. The van der Waals surface area contributed by atoms with Crippen molar-refractivity contribution in [1.82, 2.24) is 15.6 Å². The van der Waals surface area contributed by atoms with E-state index in [1.165, 1.54) is 19.1 Å². The number of carbonyl (C=O) groups is 1. The number of carbonyl (C=O) groups excluding carboxylic acids is 1. The van der Waals surface area contributed by atoms with Crippen molar-refractivity contribution in [3.8, 4) is 0 Å². The summed E-state index contributed by atoms with van der Waals surface area (Å²) in [5.41, 5.74) is -0.361. The highest BCUT2D eigenvalue weighted by Crippen LogP contribution is 2.37. The molecule has 1 unspecified atom stereocenters. The van der Waals surface area contributed by atoms with Crippen LogP contribution in [0, 0.1) is 10.1 Å². The zero-order chi connectivity index (χ0) is 16.6. The molecular weight excluding hydrogens is 300 g/mol. The zero-order valence-corrected chi connectivity index (χ0v) is 12.5. The van der Waals surface area contributed by atoms with Gasteiger partial charge in [0.15, 0.2) is 5.66 Å². The second-order valence-corrected chi connectivity index (χ2v) is 5.22. The fraction of sp³-hybridized carbons (Fsp3) is 0.214. The van der Waals surface area contributed by atoms with Crippen molar-refractivity contribution in [3.05, 3.63) is 51.8 Å². The Balaban J connectivity index is 2.01. The molecule has 1 amide bonds. The summed E-state index contributed by atoms with van der Waals surface area (Å²) >= 11 is 0. The fourth-order valence-corrected chi connectivity index (χ4v) is 2.44. The molecule has 0 fully saturated rings. The lowest BCUT2D eigenvalue weighted by Gasteiger charge is -2.35. The first kappa shape index (κ1) is 14.7. The van der Waals surface area contributed by atoms with Gasteiger partial charge in [-0.1, -0.05) is 12.1 Å². The summed E-state index contributed by atoms with van der Waals surface area (Å²) in [6, 6.07) is 6.24. The highest BCUT2D eigenvalue weighted by Gasteiger charge is 2.40. The number of amides is 1. The number of allylic oxidation sites excluding steroid dienone is 1. The topological polar surface area (TPSA) is 112 Å².